The second-order valence-electron chi connectivity index (χ2n) is 4.86. The molecule has 0 aliphatic carbocycles. The number of amides is 1. The molecule has 1 aromatic carbocycles. The molecule has 19 heavy (non-hydrogen) atoms. The Labute approximate surface area is 117 Å². The predicted octanol–water partition coefficient (Wildman–Crippen LogP) is 3.13. The molecule has 1 N–H and O–H groups in total. The molecule has 2 aliphatic rings. The molecule has 1 fully saturated rings. The summed E-state index contributed by atoms with van der Waals surface area (Å²) in [7, 11) is 0. The molecule has 1 atom stereocenters. The van der Waals surface area contributed by atoms with Gasteiger partial charge < -0.3 is 14.8 Å². The fourth-order valence-electron chi connectivity index (χ4n) is 2.48. The number of hydrogen-bond donors (Lipinski definition) is 1. The number of fused-ring (bicyclic) bond motifs is 1. The molecule has 0 spiro atoms. The molecule has 2 heterocycles. The number of carbonyl (C=O) groups is 1. The first-order valence-corrected chi connectivity index (χ1v) is 7.01. The van der Waals surface area contributed by atoms with Gasteiger partial charge in [0, 0.05) is 18.4 Å². The highest BCUT2D eigenvalue weighted by molar-refractivity contribution is 6.34. The van der Waals surface area contributed by atoms with E-state index in [4.69, 9.17) is 21.1 Å². The van der Waals surface area contributed by atoms with Gasteiger partial charge in [-0.3, -0.25) is 4.79 Å². The average Bonchev–Trinajstić information content (AvgIpc) is 2.43. The fourth-order valence-corrected chi connectivity index (χ4v) is 2.70. The van der Waals surface area contributed by atoms with Crippen LogP contribution in [0.15, 0.2) is 12.1 Å². The van der Waals surface area contributed by atoms with Crippen LogP contribution in [-0.2, 0) is 16.0 Å². The SMILES string of the molecule is O=C1CCc2c(OC3CCCCO3)ccc(Cl)c2N1. The Morgan fingerprint density at radius 2 is 2.21 bits per heavy atom. The van der Waals surface area contributed by atoms with Crippen molar-refractivity contribution in [2.45, 2.75) is 38.4 Å². The first-order chi connectivity index (χ1) is 9.24. The third kappa shape index (κ3) is 2.69. The predicted molar refractivity (Wildman–Crippen MR) is 72.6 cm³/mol. The van der Waals surface area contributed by atoms with Gasteiger partial charge in [-0.2, -0.15) is 0 Å². The Morgan fingerprint density at radius 3 is 3.00 bits per heavy atom. The molecular weight excluding hydrogens is 266 g/mol. The number of anilines is 1. The monoisotopic (exact) mass is 281 g/mol. The maximum Gasteiger partial charge on any atom is 0.224 e. The third-order valence-electron chi connectivity index (χ3n) is 3.48. The van der Waals surface area contributed by atoms with Crippen LogP contribution >= 0.6 is 11.6 Å². The summed E-state index contributed by atoms with van der Waals surface area (Å²) < 4.78 is 11.5. The molecule has 0 saturated carbocycles. The Balaban J connectivity index is 1.85. The summed E-state index contributed by atoms with van der Waals surface area (Å²) in [6.45, 7) is 0.747. The van der Waals surface area contributed by atoms with Crippen molar-refractivity contribution in [1.82, 2.24) is 0 Å². The molecule has 4 nitrogen and oxygen atoms in total. The maximum absolute atomic E-state index is 11.4. The summed E-state index contributed by atoms with van der Waals surface area (Å²) in [6, 6.07) is 3.61. The van der Waals surface area contributed by atoms with Crippen LogP contribution in [0.1, 0.15) is 31.2 Å². The molecule has 0 bridgehead atoms. The number of rotatable bonds is 2. The minimum absolute atomic E-state index is 0.000432. The summed E-state index contributed by atoms with van der Waals surface area (Å²) in [6.07, 6.45) is 4.06. The van der Waals surface area contributed by atoms with Crippen molar-refractivity contribution >= 4 is 23.2 Å². The number of ether oxygens (including phenoxy) is 2. The van der Waals surface area contributed by atoms with Crippen LogP contribution in [0.5, 0.6) is 5.75 Å². The van der Waals surface area contributed by atoms with Gasteiger partial charge in [-0.05, 0) is 31.4 Å². The van der Waals surface area contributed by atoms with Crippen molar-refractivity contribution in [3.05, 3.63) is 22.7 Å². The highest BCUT2D eigenvalue weighted by Gasteiger charge is 2.23. The van der Waals surface area contributed by atoms with Crippen molar-refractivity contribution < 1.29 is 14.3 Å². The van der Waals surface area contributed by atoms with Crippen LogP contribution in [0, 0.1) is 0 Å². The van der Waals surface area contributed by atoms with Crippen LogP contribution in [0.3, 0.4) is 0 Å². The molecule has 3 rings (SSSR count). The van der Waals surface area contributed by atoms with Gasteiger partial charge in [0.1, 0.15) is 5.75 Å². The summed E-state index contributed by atoms with van der Waals surface area (Å²) in [4.78, 5) is 11.4. The van der Waals surface area contributed by atoms with E-state index in [1.54, 1.807) is 6.07 Å². The van der Waals surface area contributed by atoms with Crippen LogP contribution in [-0.4, -0.2) is 18.8 Å². The molecule has 2 aliphatic heterocycles. The van der Waals surface area contributed by atoms with Gasteiger partial charge in [0.25, 0.3) is 0 Å². The highest BCUT2D eigenvalue weighted by Crippen LogP contribution is 2.37. The van der Waals surface area contributed by atoms with Crippen molar-refractivity contribution in [2.24, 2.45) is 0 Å². The van der Waals surface area contributed by atoms with E-state index in [0.717, 1.165) is 37.2 Å². The first-order valence-electron chi connectivity index (χ1n) is 6.63. The van der Waals surface area contributed by atoms with E-state index in [2.05, 4.69) is 5.32 Å². The van der Waals surface area contributed by atoms with Gasteiger partial charge in [0.15, 0.2) is 6.29 Å². The standard InChI is InChI=1S/C14H16ClNO3/c15-10-5-6-11(19-13-3-1-2-8-18-13)9-4-7-12(17)16-14(9)10/h5-6,13H,1-4,7-8H2,(H,16,17). The Morgan fingerprint density at radius 1 is 1.32 bits per heavy atom. The van der Waals surface area contributed by atoms with Crippen LogP contribution in [0.25, 0.3) is 0 Å². The fraction of sp³-hybridized carbons (Fsp3) is 0.500. The number of benzene rings is 1. The maximum atomic E-state index is 11.4. The van der Waals surface area contributed by atoms with Crippen LogP contribution in [0.4, 0.5) is 5.69 Å². The molecule has 1 unspecified atom stereocenters. The zero-order valence-electron chi connectivity index (χ0n) is 10.6. The molecule has 1 aromatic rings. The van der Waals surface area contributed by atoms with Gasteiger partial charge in [-0.15, -0.1) is 0 Å². The molecule has 0 radical (unpaired) electrons. The van der Waals surface area contributed by atoms with Gasteiger partial charge in [0.2, 0.25) is 5.91 Å². The molecule has 102 valence electrons. The number of carbonyl (C=O) groups excluding carboxylic acids is 1. The van der Waals surface area contributed by atoms with Crippen molar-refractivity contribution in [2.75, 3.05) is 11.9 Å². The average molecular weight is 282 g/mol. The van der Waals surface area contributed by atoms with E-state index in [1.807, 2.05) is 6.07 Å². The summed E-state index contributed by atoms with van der Waals surface area (Å²) in [5.41, 5.74) is 1.66. The van der Waals surface area contributed by atoms with Crippen molar-refractivity contribution in [3.8, 4) is 5.75 Å². The zero-order chi connectivity index (χ0) is 13.2. The Hall–Kier alpha value is -1.26. The quantitative estimate of drug-likeness (QED) is 0.906. The lowest BCUT2D eigenvalue weighted by atomic mass is 10.0. The van der Waals surface area contributed by atoms with Gasteiger partial charge >= 0.3 is 0 Å². The van der Waals surface area contributed by atoms with Crippen molar-refractivity contribution in [3.63, 3.8) is 0 Å². The van der Waals surface area contributed by atoms with Gasteiger partial charge in [-0.25, -0.2) is 0 Å². The smallest absolute Gasteiger partial charge is 0.224 e. The largest absolute Gasteiger partial charge is 0.465 e. The van der Waals surface area contributed by atoms with Gasteiger partial charge in [0.05, 0.1) is 17.3 Å². The summed E-state index contributed by atoms with van der Waals surface area (Å²) in [5, 5.41) is 3.37. The van der Waals surface area contributed by atoms with E-state index < -0.39 is 0 Å². The molecular formula is C14H16ClNO3. The zero-order valence-corrected chi connectivity index (χ0v) is 11.3. The van der Waals surface area contributed by atoms with E-state index in [0.29, 0.717) is 23.6 Å². The third-order valence-corrected chi connectivity index (χ3v) is 3.80. The molecule has 0 aromatic heterocycles. The van der Waals surface area contributed by atoms with E-state index in [1.165, 1.54) is 0 Å². The second-order valence-corrected chi connectivity index (χ2v) is 5.27. The summed E-state index contributed by atoms with van der Waals surface area (Å²) in [5.74, 6) is 0.770. The van der Waals surface area contributed by atoms with Crippen molar-refractivity contribution in [1.29, 1.82) is 0 Å². The topological polar surface area (TPSA) is 47.6 Å². The van der Waals surface area contributed by atoms with Crippen LogP contribution < -0.4 is 10.1 Å². The lowest BCUT2D eigenvalue weighted by molar-refractivity contribution is -0.116. The summed E-state index contributed by atoms with van der Waals surface area (Å²) >= 11 is 6.12. The lowest BCUT2D eigenvalue weighted by Crippen LogP contribution is -2.26. The lowest BCUT2D eigenvalue weighted by Gasteiger charge is -2.27. The normalized spacial score (nSPS) is 22.6. The molecule has 1 amide bonds. The minimum atomic E-state index is -0.184. The molecule has 1 saturated heterocycles. The second kappa shape index (κ2) is 5.39. The van der Waals surface area contributed by atoms with E-state index >= 15 is 0 Å². The van der Waals surface area contributed by atoms with Gasteiger partial charge in [-0.1, -0.05) is 11.6 Å². The molecule has 5 heteroatoms. The number of halogens is 1. The number of hydrogen-bond acceptors (Lipinski definition) is 3. The van der Waals surface area contributed by atoms with E-state index in [-0.39, 0.29) is 12.2 Å². The van der Waals surface area contributed by atoms with E-state index in [9.17, 15) is 4.79 Å². The number of nitrogens with one attached hydrogen (secondary N) is 1. The minimum Gasteiger partial charge on any atom is -0.465 e. The van der Waals surface area contributed by atoms with Crippen LogP contribution in [0.2, 0.25) is 5.02 Å². The Bertz CT molecular complexity index is 498. The first kappa shape index (κ1) is 12.8. The Kier molecular flexibility index (Phi) is 3.62. The highest BCUT2D eigenvalue weighted by atomic mass is 35.5.